The van der Waals surface area contributed by atoms with E-state index in [4.69, 9.17) is 14.6 Å². The van der Waals surface area contributed by atoms with E-state index >= 15 is 0 Å². The number of hydrogen-bond acceptors (Lipinski definition) is 4. The summed E-state index contributed by atoms with van der Waals surface area (Å²) in [6, 6.07) is 6.37. The number of aliphatic carboxylic acids is 1. The first-order valence-corrected chi connectivity index (χ1v) is 12.1. The van der Waals surface area contributed by atoms with E-state index in [1.807, 2.05) is 0 Å². The molecule has 1 N–H and O–H groups in total. The van der Waals surface area contributed by atoms with Crippen LogP contribution in [0.15, 0.2) is 24.3 Å². The lowest BCUT2D eigenvalue weighted by molar-refractivity contribution is -0.187. The second-order valence-corrected chi connectivity index (χ2v) is 10.9. The van der Waals surface area contributed by atoms with Crippen LogP contribution in [0.1, 0.15) is 70.2 Å². The van der Waals surface area contributed by atoms with Gasteiger partial charge in [-0.1, -0.05) is 27.7 Å². The highest BCUT2D eigenvalue weighted by atomic mass is 19.3. The molecule has 0 heterocycles. The minimum Gasteiger partial charge on any atom is -0.486 e. The Balaban J connectivity index is 1.50. The maximum Gasteiger partial charge on any atom is 0.378 e. The van der Waals surface area contributed by atoms with Gasteiger partial charge >= 0.3 is 17.9 Å². The lowest BCUT2D eigenvalue weighted by Crippen LogP contribution is -2.63. The van der Waals surface area contributed by atoms with Gasteiger partial charge in [-0.2, -0.15) is 8.78 Å². The normalized spacial score (nSPS) is 31.6. The smallest absolute Gasteiger partial charge is 0.378 e. The molecule has 1 unspecified atom stereocenters. The minimum atomic E-state index is -4.17. The molecule has 0 aromatic heterocycles. The molecule has 0 saturated heterocycles. The molecule has 1 atom stereocenters. The molecule has 0 radical (unpaired) electrons. The molecular weight excluding hydrogens is 430 g/mol. The van der Waals surface area contributed by atoms with E-state index in [0.29, 0.717) is 23.5 Å². The predicted octanol–water partition coefficient (Wildman–Crippen LogP) is 5.82. The SMILES string of the molecule is CC(C)C(OC(=O)c1ccc(OC2(C(C)C)C3CC4CC(C3)CC2C4)cc1)C(F)(F)C(=O)O. The Morgan fingerprint density at radius 2 is 1.48 bits per heavy atom. The Morgan fingerprint density at radius 1 is 0.970 bits per heavy atom. The van der Waals surface area contributed by atoms with Crippen molar-refractivity contribution in [3.05, 3.63) is 29.8 Å². The number of carboxylic acids is 1. The van der Waals surface area contributed by atoms with Gasteiger partial charge in [-0.3, -0.25) is 0 Å². The largest absolute Gasteiger partial charge is 0.486 e. The summed E-state index contributed by atoms with van der Waals surface area (Å²) in [5.41, 5.74) is -0.139. The molecule has 33 heavy (non-hydrogen) atoms. The van der Waals surface area contributed by atoms with Gasteiger partial charge in [0.25, 0.3) is 0 Å². The summed E-state index contributed by atoms with van der Waals surface area (Å²) in [7, 11) is 0. The van der Waals surface area contributed by atoms with Crippen LogP contribution in [-0.4, -0.2) is 34.7 Å². The van der Waals surface area contributed by atoms with E-state index in [1.54, 1.807) is 12.1 Å². The van der Waals surface area contributed by atoms with Crippen LogP contribution in [0, 0.1) is 35.5 Å². The Morgan fingerprint density at radius 3 is 1.91 bits per heavy atom. The number of alkyl halides is 2. The lowest BCUT2D eigenvalue weighted by atomic mass is 9.47. The summed E-state index contributed by atoms with van der Waals surface area (Å²) >= 11 is 0. The predicted molar refractivity (Wildman–Crippen MR) is 118 cm³/mol. The van der Waals surface area contributed by atoms with E-state index in [2.05, 4.69) is 13.8 Å². The van der Waals surface area contributed by atoms with Crippen molar-refractivity contribution in [2.75, 3.05) is 0 Å². The summed E-state index contributed by atoms with van der Waals surface area (Å²) in [5.74, 6) is -4.63. The van der Waals surface area contributed by atoms with Crippen LogP contribution in [0.25, 0.3) is 0 Å². The van der Waals surface area contributed by atoms with Crippen molar-refractivity contribution in [2.24, 2.45) is 35.5 Å². The molecule has 5 rings (SSSR count). The molecule has 4 saturated carbocycles. The molecule has 7 heteroatoms. The Labute approximate surface area is 193 Å². The van der Waals surface area contributed by atoms with Crippen molar-refractivity contribution in [3.63, 3.8) is 0 Å². The number of esters is 1. The van der Waals surface area contributed by atoms with Crippen LogP contribution in [0.3, 0.4) is 0 Å². The van der Waals surface area contributed by atoms with Gasteiger partial charge in [-0.05, 0) is 91.9 Å². The monoisotopic (exact) mass is 464 g/mol. The second kappa shape index (κ2) is 8.55. The van der Waals surface area contributed by atoms with Crippen LogP contribution in [0.5, 0.6) is 5.75 Å². The Hall–Kier alpha value is -2.18. The average molecular weight is 465 g/mol. The maximum absolute atomic E-state index is 14.0. The van der Waals surface area contributed by atoms with Crippen LogP contribution in [0.2, 0.25) is 0 Å². The fourth-order valence-electron chi connectivity index (χ4n) is 6.95. The quantitative estimate of drug-likeness (QED) is 0.491. The standard InChI is InChI=1S/C26H34F2O5/c1-14(2)22(26(27,28)24(30)31)32-23(29)18-5-7-21(8-6-18)33-25(15(3)4)19-10-16-9-17(12-19)13-20(25)11-16/h5-8,14-17,19-20,22H,9-13H2,1-4H3,(H,30,31). The molecule has 1 aromatic carbocycles. The van der Waals surface area contributed by atoms with E-state index in [9.17, 15) is 18.4 Å². The molecule has 0 spiro atoms. The summed E-state index contributed by atoms with van der Waals surface area (Å²) in [6.45, 7) is 7.23. The highest BCUT2D eigenvalue weighted by Gasteiger charge is 2.60. The number of carboxylic acid groups (broad SMARTS) is 1. The topological polar surface area (TPSA) is 72.8 Å². The minimum absolute atomic E-state index is 0.0814. The third-order valence-electron chi connectivity index (χ3n) is 8.18. The first kappa shape index (κ1) is 24.0. The summed E-state index contributed by atoms with van der Waals surface area (Å²) < 4.78 is 39.7. The highest BCUT2D eigenvalue weighted by molar-refractivity contribution is 5.90. The molecule has 4 fully saturated rings. The summed E-state index contributed by atoms with van der Waals surface area (Å²) in [6.07, 6.45) is 4.15. The van der Waals surface area contributed by atoms with E-state index < -0.39 is 29.9 Å². The lowest BCUT2D eigenvalue weighted by Gasteiger charge is -2.62. The third kappa shape index (κ3) is 4.12. The number of rotatable bonds is 8. The van der Waals surface area contributed by atoms with Crippen molar-refractivity contribution >= 4 is 11.9 Å². The zero-order valence-electron chi connectivity index (χ0n) is 19.7. The first-order chi connectivity index (χ1) is 15.4. The molecule has 4 bridgehead atoms. The molecule has 1 aromatic rings. The second-order valence-electron chi connectivity index (χ2n) is 10.9. The number of halogens is 2. The van der Waals surface area contributed by atoms with Crippen molar-refractivity contribution in [3.8, 4) is 5.75 Å². The van der Waals surface area contributed by atoms with E-state index in [-0.39, 0.29) is 11.2 Å². The first-order valence-electron chi connectivity index (χ1n) is 12.1. The summed E-state index contributed by atoms with van der Waals surface area (Å²) in [5, 5.41) is 8.83. The molecule has 0 aliphatic heterocycles. The number of carbonyl (C=O) groups is 2. The number of carbonyl (C=O) groups excluding carboxylic acids is 1. The molecule has 182 valence electrons. The van der Waals surface area contributed by atoms with Crippen LogP contribution < -0.4 is 4.74 Å². The van der Waals surface area contributed by atoms with Crippen LogP contribution in [-0.2, 0) is 9.53 Å². The third-order valence-corrected chi connectivity index (χ3v) is 8.18. The maximum atomic E-state index is 14.0. The number of ether oxygens (including phenoxy) is 2. The van der Waals surface area contributed by atoms with Gasteiger partial charge in [0.1, 0.15) is 11.4 Å². The van der Waals surface area contributed by atoms with Gasteiger partial charge in [-0.25, -0.2) is 9.59 Å². The van der Waals surface area contributed by atoms with Crippen molar-refractivity contribution in [2.45, 2.75) is 77.4 Å². The van der Waals surface area contributed by atoms with Crippen LogP contribution >= 0.6 is 0 Å². The van der Waals surface area contributed by atoms with Gasteiger partial charge in [-0.15, -0.1) is 0 Å². The molecule has 4 aliphatic carbocycles. The molecule has 5 nitrogen and oxygen atoms in total. The van der Waals surface area contributed by atoms with E-state index in [0.717, 1.165) is 11.8 Å². The van der Waals surface area contributed by atoms with Gasteiger partial charge in [0.15, 0.2) is 6.10 Å². The Bertz CT molecular complexity index is 864. The van der Waals surface area contributed by atoms with Crippen LogP contribution in [0.4, 0.5) is 8.78 Å². The highest BCUT2D eigenvalue weighted by Crippen LogP contribution is 2.61. The van der Waals surface area contributed by atoms with E-state index in [1.165, 1.54) is 58.1 Å². The fraction of sp³-hybridized carbons (Fsp3) is 0.692. The van der Waals surface area contributed by atoms with Crippen molar-refractivity contribution < 1.29 is 33.0 Å². The van der Waals surface area contributed by atoms with Crippen molar-refractivity contribution in [1.29, 1.82) is 0 Å². The molecular formula is C26H34F2O5. The fourth-order valence-corrected chi connectivity index (χ4v) is 6.95. The number of benzene rings is 1. The average Bonchev–Trinajstić information content (AvgIpc) is 2.73. The zero-order chi connectivity index (χ0) is 24.1. The van der Waals surface area contributed by atoms with Crippen molar-refractivity contribution in [1.82, 2.24) is 0 Å². The van der Waals surface area contributed by atoms with Gasteiger partial charge < -0.3 is 14.6 Å². The van der Waals surface area contributed by atoms with Gasteiger partial charge in [0.05, 0.1) is 5.56 Å². The summed E-state index contributed by atoms with van der Waals surface area (Å²) in [4.78, 5) is 23.5. The number of hydrogen-bond donors (Lipinski definition) is 1. The Kier molecular flexibility index (Phi) is 6.21. The zero-order valence-corrected chi connectivity index (χ0v) is 19.7. The van der Waals surface area contributed by atoms with Gasteiger partial charge in [0.2, 0.25) is 0 Å². The molecule has 4 aliphatic rings. The van der Waals surface area contributed by atoms with Gasteiger partial charge in [0, 0.05) is 0 Å². The molecule has 0 amide bonds.